The highest BCUT2D eigenvalue weighted by Crippen LogP contribution is 2.23. The van der Waals surface area contributed by atoms with Gasteiger partial charge in [-0.05, 0) is 36.4 Å². The summed E-state index contributed by atoms with van der Waals surface area (Å²) >= 11 is 5.84. The van der Waals surface area contributed by atoms with Crippen molar-refractivity contribution in [1.82, 2.24) is 15.0 Å². The van der Waals surface area contributed by atoms with Gasteiger partial charge in [-0.2, -0.15) is 0 Å². The molecule has 7 heteroatoms. The van der Waals surface area contributed by atoms with Crippen molar-refractivity contribution in [3.05, 3.63) is 41.6 Å². The average molecular weight is 318 g/mol. The number of aromatic nitrogens is 3. The van der Waals surface area contributed by atoms with Gasteiger partial charge < -0.3 is 14.8 Å². The first-order valence-electron chi connectivity index (χ1n) is 6.59. The first kappa shape index (κ1) is 14.3. The number of rotatable bonds is 5. The number of hydrogen-bond donors (Lipinski definition) is 2. The number of H-pyrrole nitrogens is 1. The van der Waals surface area contributed by atoms with Crippen molar-refractivity contribution in [2.45, 2.75) is 6.42 Å². The van der Waals surface area contributed by atoms with Crippen LogP contribution in [0.3, 0.4) is 0 Å². The number of benzene rings is 1. The maximum absolute atomic E-state index is 10.4. The molecule has 22 heavy (non-hydrogen) atoms. The summed E-state index contributed by atoms with van der Waals surface area (Å²) in [5, 5.41) is 8.96. The minimum absolute atomic E-state index is 0.0300. The van der Waals surface area contributed by atoms with Crippen molar-refractivity contribution >= 4 is 28.7 Å². The number of nitrogens with one attached hydrogen (secondary N) is 1. The van der Waals surface area contributed by atoms with Gasteiger partial charge in [-0.25, -0.2) is 9.97 Å². The molecule has 112 valence electrons. The number of hydrogen-bond acceptors (Lipinski definition) is 4. The van der Waals surface area contributed by atoms with E-state index in [-0.39, 0.29) is 13.0 Å². The Bertz CT molecular complexity index is 815. The molecule has 0 aliphatic carbocycles. The Hall–Kier alpha value is -2.60. The second-order valence-corrected chi connectivity index (χ2v) is 4.99. The van der Waals surface area contributed by atoms with Gasteiger partial charge in [0.25, 0.3) is 0 Å². The van der Waals surface area contributed by atoms with Gasteiger partial charge in [0.15, 0.2) is 5.65 Å². The third-order valence-electron chi connectivity index (χ3n) is 3.02. The molecule has 1 aromatic carbocycles. The van der Waals surface area contributed by atoms with Crippen LogP contribution in [0.2, 0.25) is 5.15 Å². The highest BCUT2D eigenvalue weighted by atomic mass is 35.5. The summed E-state index contributed by atoms with van der Waals surface area (Å²) in [5.41, 5.74) is 2.24. The van der Waals surface area contributed by atoms with Crippen molar-refractivity contribution in [1.29, 1.82) is 0 Å². The van der Waals surface area contributed by atoms with Gasteiger partial charge >= 0.3 is 5.97 Å². The molecule has 0 bridgehead atoms. The minimum Gasteiger partial charge on any atom is -0.493 e. The molecular weight excluding hydrogens is 306 g/mol. The van der Waals surface area contributed by atoms with E-state index in [4.69, 9.17) is 21.4 Å². The molecule has 0 spiro atoms. The van der Waals surface area contributed by atoms with E-state index in [0.717, 1.165) is 11.1 Å². The lowest BCUT2D eigenvalue weighted by atomic mass is 10.2. The second-order valence-electron chi connectivity index (χ2n) is 4.61. The zero-order valence-electron chi connectivity index (χ0n) is 11.4. The number of aromatic amines is 1. The molecule has 2 aromatic heterocycles. The summed E-state index contributed by atoms with van der Waals surface area (Å²) in [5.74, 6) is 0.411. The predicted octanol–water partition coefficient (Wildman–Crippen LogP) is 3.13. The van der Waals surface area contributed by atoms with E-state index < -0.39 is 5.97 Å². The Kier molecular flexibility index (Phi) is 3.93. The van der Waals surface area contributed by atoms with Gasteiger partial charge in [0, 0.05) is 5.56 Å². The third kappa shape index (κ3) is 3.17. The molecule has 0 saturated heterocycles. The summed E-state index contributed by atoms with van der Waals surface area (Å²) in [6.07, 6.45) is -0.0300. The number of carboxylic acid groups (broad SMARTS) is 1. The third-order valence-corrected chi connectivity index (χ3v) is 3.23. The van der Waals surface area contributed by atoms with E-state index in [1.54, 1.807) is 18.2 Å². The average Bonchev–Trinajstić information content (AvgIpc) is 2.90. The van der Waals surface area contributed by atoms with Crippen molar-refractivity contribution in [3.63, 3.8) is 0 Å². The molecule has 0 amide bonds. The summed E-state index contributed by atoms with van der Waals surface area (Å²) in [4.78, 5) is 22.1. The van der Waals surface area contributed by atoms with Gasteiger partial charge in [0.1, 0.15) is 16.7 Å². The molecule has 3 rings (SSSR count). The molecule has 2 N–H and O–H groups in total. The second kappa shape index (κ2) is 6.03. The number of pyridine rings is 1. The molecule has 0 aliphatic heterocycles. The lowest BCUT2D eigenvalue weighted by Gasteiger charge is -2.04. The fraction of sp³-hybridized carbons (Fsp3) is 0.133. The Balaban J connectivity index is 1.77. The predicted molar refractivity (Wildman–Crippen MR) is 82.1 cm³/mol. The van der Waals surface area contributed by atoms with E-state index in [0.29, 0.717) is 22.4 Å². The molecule has 6 nitrogen and oxygen atoms in total. The highest BCUT2D eigenvalue weighted by Gasteiger charge is 2.07. The van der Waals surface area contributed by atoms with Crippen LogP contribution in [0.15, 0.2) is 36.4 Å². The topological polar surface area (TPSA) is 88.1 Å². The van der Waals surface area contributed by atoms with E-state index in [1.165, 1.54) is 0 Å². The van der Waals surface area contributed by atoms with Crippen LogP contribution in [0.4, 0.5) is 0 Å². The van der Waals surface area contributed by atoms with E-state index in [2.05, 4.69) is 15.0 Å². The van der Waals surface area contributed by atoms with Crippen LogP contribution in [-0.2, 0) is 4.79 Å². The lowest BCUT2D eigenvalue weighted by Crippen LogP contribution is -2.04. The minimum atomic E-state index is -0.884. The van der Waals surface area contributed by atoms with Gasteiger partial charge in [0.05, 0.1) is 18.5 Å². The Labute approximate surface area is 130 Å². The van der Waals surface area contributed by atoms with Crippen LogP contribution in [0.5, 0.6) is 5.75 Å². The van der Waals surface area contributed by atoms with Crippen molar-refractivity contribution < 1.29 is 14.6 Å². The largest absolute Gasteiger partial charge is 0.493 e. The lowest BCUT2D eigenvalue weighted by molar-refractivity contribution is -0.137. The molecule has 0 fully saturated rings. The molecule has 0 saturated carbocycles. The quantitative estimate of drug-likeness (QED) is 0.706. The maximum atomic E-state index is 10.4. The zero-order valence-corrected chi connectivity index (χ0v) is 12.2. The van der Waals surface area contributed by atoms with Crippen LogP contribution < -0.4 is 4.74 Å². The van der Waals surface area contributed by atoms with Crippen molar-refractivity contribution in [2.75, 3.05) is 6.61 Å². The number of carboxylic acids is 1. The molecule has 0 atom stereocenters. The number of nitrogens with zero attached hydrogens (tertiary/aromatic N) is 2. The van der Waals surface area contributed by atoms with Crippen LogP contribution in [0.1, 0.15) is 6.42 Å². The van der Waals surface area contributed by atoms with E-state index in [1.807, 2.05) is 18.2 Å². The number of imidazole rings is 1. The SMILES string of the molecule is O=C(O)CCOc1ccc(-c2nc3nc(Cl)ccc3[nH]2)cc1. The van der Waals surface area contributed by atoms with E-state index >= 15 is 0 Å². The van der Waals surface area contributed by atoms with Gasteiger partial charge in [-0.3, -0.25) is 4.79 Å². The standard InChI is InChI=1S/C15H12ClN3O3/c16-12-6-5-11-15(18-12)19-14(17-11)9-1-3-10(4-2-9)22-8-7-13(20)21/h1-6H,7-8H2,(H,20,21)(H,17,18,19). The Morgan fingerprint density at radius 3 is 2.68 bits per heavy atom. The highest BCUT2D eigenvalue weighted by molar-refractivity contribution is 6.29. The monoisotopic (exact) mass is 317 g/mol. The maximum Gasteiger partial charge on any atom is 0.306 e. The number of fused-ring (bicyclic) bond motifs is 1. The number of halogens is 1. The molecule has 0 radical (unpaired) electrons. The summed E-state index contributed by atoms with van der Waals surface area (Å²) in [6.45, 7) is 0.141. The zero-order chi connectivity index (χ0) is 15.5. The molecular formula is C15H12ClN3O3. The van der Waals surface area contributed by atoms with Crippen molar-refractivity contribution in [3.8, 4) is 17.1 Å². The smallest absolute Gasteiger partial charge is 0.306 e. The van der Waals surface area contributed by atoms with Gasteiger partial charge in [-0.1, -0.05) is 11.6 Å². The van der Waals surface area contributed by atoms with Crippen LogP contribution in [0, 0.1) is 0 Å². The summed E-state index contributed by atoms with van der Waals surface area (Å²) in [7, 11) is 0. The summed E-state index contributed by atoms with van der Waals surface area (Å²) < 4.78 is 5.34. The molecule has 0 unspecified atom stereocenters. The molecule has 0 aliphatic rings. The first-order valence-corrected chi connectivity index (χ1v) is 6.97. The van der Waals surface area contributed by atoms with Crippen LogP contribution in [0.25, 0.3) is 22.6 Å². The van der Waals surface area contributed by atoms with Gasteiger partial charge in [0.2, 0.25) is 0 Å². The molecule has 2 heterocycles. The Morgan fingerprint density at radius 1 is 1.18 bits per heavy atom. The van der Waals surface area contributed by atoms with Gasteiger partial charge in [-0.15, -0.1) is 0 Å². The van der Waals surface area contributed by atoms with Crippen molar-refractivity contribution in [2.24, 2.45) is 0 Å². The fourth-order valence-electron chi connectivity index (χ4n) is 1.97. The van der Waals surface area contributed by atoms with Crippen LogP contribution >= 0.6 is 11.6 Å². The number of carbonyl (C=O) groups is 1. The molecule has 3 aromatic rings. The van der Waals surface area contributed by atoms with Crippen LogP contribution in [-0.4, -0.2) is 32.6 Å². The normalized spacial score (nSPS) is 10.8. The summed E-state index contributed by atoms with van der Waals surface area (Å²) in [6, 6.07) is 10.7. The van der Waals surface area contributed by atoms with E-state index in [9.17, 15) is 4.79 Å². The fourth-order valence-corrected chi connectivity index (χ4v) is 2.11. The first-order chi connectivity index (χ1) is 10.6. The Morgan fingerprint density at radius 2 is 1.95 bits per heavy atom. The number of aliphatic carboxylic acids is 1. The number of ether oxygens (including phenoxy) is 1.